The van der Waals surface area contributed by atoms with Crippen LogP contribution in [0.25, 0.3) is 0 Å². The molecule has 0 aromatic heterocycles. The largest absolute Gasteiger partial charge is 0.365 e. The number of halogens is 2. The van der Waals surface area contributed by atoms with Crippen molar-refractivity contribution in [3.05, 3.63) is 29.3 Å². The molecule has 0 aliphatic carbocycles. The first kappa shape index (κ1) is 10.9. The van der Waals surface area contributed by atoms with E-state index in [2.05, 4.69) is 5.92 Å². The maximum atomic E-state index is 13.1. The van der Waals surface area contributed by atoms with Crippen molar-refractivity contribution in [2.24, 2.45) is 0 Å². The molecule has 16 heavy (non-hydrogen) atoms. The number of aryl methyl sites for hydroxylation is 1. The van der Waals surface area contributed by atoms with E-state index in [4.69, 9.17) is 6.42 Å². The van der Waals surface area contributed by atoms with E-state index in [1.807, 2.05) is 19.1 Å². The first-order valence-corrected chi connectivity index (χ1v) is 5.22. The molecule has 0 amide bonds. The van der Waals surface area contributed by atoms with Gasteiger partial charge in [0.05, 0.1) is 6.54 Å². The number of rotatable bonds is 1. The zero-order valence-corrected chi connectivity index (χ0v) is 9.13. The van der Waals surface area contributed by atoms with Gasteiger partial charge in [-0.3, -0.25) is 0 Å². The van der Waals surface area contributed by atoms with E-state index in [-0.39, 0.29) is 13.0 Å². The van der Waals surface area contributed by atoms with Crippen molar-refractivity contribution in [3.63, 3.8) is 0 Å². The second kappa shape index (κ2) is 3.79. The molecule has 1 heterocycles. The smallest absolute Gasteiger partial charge is 0.266 e. The summed E-state index contributed by atoms with van der Waals surface area (Å²) in [5, 5.41) is 0. The summed E-state index contributed by atoms with van der Waals surface area (Å²) in [6.45, 7) is 2.11. The summed E-state index contributed by atoms with van der Waals surface area (Å²) >= 11 is 0. The van der Waals surface area contributed by atoms with E-state index in [9.17, 15) is 8.78 Å². The topological polar surface area (TPSA) is 3.24 Å². The van der Waals surface area contributed by atoms with Crippen molar-refractivity contribution in [1.29, 1.82) is 0 Å². The molecule has 0 spiro atoms. The van der Waals surface area contributed by atoms with Gasteiger partial charge in [-0.15, -0.1) is 6.42 Å². The van der Waals surface area contributed by atoms with Crippen LogP contribution in [0.1, 0.15) is 17.5 Å². The molecule has 0 N–H and O–H groups in total. The van der Waals surface area contributed by atoms with Crippen molar-refractivity contribution in [1.82, 2.24) is 0 Å². The lowest BCUT2D eigenvalue weighted by atomic mass is 10.1. The lowest BCUT2D eigenvalue weighted by molar-refractivity contribution is 0.0257. The fraction of sp³-hybridized carbons (Fsp3) is 0.385. The number of benzene rings is 1. The predicted octanol–water partition coefficient (Wildman–Crippen LogP) is 2.82. The molecular weight excluding hydrogens is 208 g/mol. The summed E-state index contributed by atoms with van der Waals surface area (Å²) < 4.78 is 26.1. The van der Waals surface area contributed by atoms with Crippen LogP contribution in [0.15, 0.2) is 18.2 Å². The SMILES string of the molecule is C#Cc1ccc(N2CCC(F)(F)C2)cc1C. The highest BCUT2D eigenvalue weighted by Crippen LogP contribution is 2.31. The van der Waals surface area contributed by atoms with Crippen molar-refractivity contribution in [2.45, 2.75) is 19.3 Å². The quantitative estimate of drug-likeness (QED) is 0.659. The third-order valence-electron chi connectivity index (χ3n) is 2.90. The summed E-state index contributed by atoms with van der Waals surface area (Å²) in [4.78, 5) is 1.70. The average molecular weight is 221 g/mol. The molecule has 0 bridgehead atoms. The minimum absolute atomic E-state index is 0.0665. The Morgan fingerprint density at radius 1 is 1.44 bits per heavy atom. The van der Waals surface area contributed by atoms with Crippen molar-refractivity contribution >= 4 is 5.69 Å². The van der Waals surface area contributed by atoms with E-state index >= 15 is 0 Å². The van der Waals surface area contributed by atoms with Gasteiger partial charge < -0.3 is 4.90 Å². The molecule has 0 unspecified atom stereocenters. The van der Waals surface area contributed by atoms with Gasteiger partial charge in [0.15, 0.2) is 0 Å². The van der Waals surface area contributed by atoms with Gasteiger partial charge in [0.25, 0.3) is 5.92 Å². The maximum Gasteiger partial charge on any atom is 0.266 e. The lowest BCUT2D eigenvalue weighted by Crippen LogP contribution is -2.24. The second-order valence-electron chi connectivity index (χ2n) is 4.17. The third kappa shape index (κ3) is 2.01. The maximum absolute atomic E-state index is 13.1. The van der Waals surface area contributed by atoms with Crippen molar-refractivity contribution in [2.75, 3.05) is 18.0 Å². The Kier molecular flexibility index (Phi) is 2.59. The first-order chi connectivity index (χ1) is 7.52. The van der Waals surface area contributed by atoms with Crippen LogP contribution >= 0.6 is 0 Å². The molecular formula is C13H13F2N. The molecule has 1 nitrogen and oxygen atoms in total. The second-order valence-corrected chi connectivity index (χ2v) is 4.17. The summed E-state index contributed by atoms with van der Waals surface area (Å²) in [5.41, 5.74) is 2.60. The molecule has 2 rings (SSSR count). The van der Waals surface area contributed by atoms with E-state index in [0.717, 1.165) is 16.8 Å². The Labute approximate surface area is 94.1 Å². The molecule has 0 radical (unpaired) electrons. The minimum atomic E-state index is -2.56. The summed E-state index contributed by atoms with van der Waals surface area (Å²) in [7, 11) is 0. The Bertz CT molecular complexity index is 446. The fourth-order valence-electron chi connectivity index (χ4n) is 1.96. The normalized spacial score (nSPS) is 18.5. The molecule has 1 aromatic rings. The van der Waals surface area contributed by atoms with Crippen LogP contribution in [-0.2, 0) is 0 Å². The van der Waals surface area contributed by atoms with Crippen LogP contribution in [0.4, 0.5) is 14.5 Å². The predicted molar refractivity (Wildman–Crippen MR) is 60.9 cm³/mol. The lowest BCUT2D eigenvalue weighted by Gasteiger charge is -2.19. The van der Waals surface area contributed by atoms with Gasteiger partial charge in [0.1, 0.15) is 0 Å². The van der Waals surface area contributed by atoms with Gasteiger partial charge in [-0.2, -0.15) is 0 Å². The van der Waals surface area contributed by atoms with Crippen molar-refractivity contribution in [3.8, 4) is 12.3 Å². The number of alkyl halides is 2. The van der Waals surface area contributed by atoms with Crippen LogP contribution in [0, 0.1) is 19.3 Å². The van der Waals surface area contributed by atoms with Gasteiger partial charge in [0.2, 0.25) is 0 Å². The monoisotopic (exact) mass is 221 g/mol. The molecule has 1 fully saturated rings. The molecule has 84 valence electrons. The van der Waals surface area contributed by atoms with Crippen LogP contribution in [0.3, 0.4) is 0 Å². The van der Waals surface area contributed by atoms with Gasteiger partial charge in [-0.1, -0.05) is 5.92 Å². The molecule has 1 aliphatic heterocycles. The highest BCUT2D eigenvalue weighted by molar-refractivity contribution is 5.55. The van der Waals surface area contributed by atoms with Crippen molar-refractivity contribution < 1.29 is 8.78 Å². The molecule has 1 aromatic carbocycles. The first-order valence-electron chi connectivity index (χ1n) is 5.22. The zero-order valence-electron chi connectivity index (χ0n) is 9.13. The Hall–Kier alpha value is -1.56. The molecule has 1 aliphatic rings. The minimum Gasteiger partial charge on any atom is -0.365 e. The van der Waals surface area contributed by atoms with Gasteiger partial charge in [0, 0.05) is 24.2 Å². The van der Waals surface area contributed by atoms with Crippen LogP contribution in [0.2, 0.25) is 0 Å². The van der Waals surface area contributed by atoms with Crippen LogP contribution in [-0.4, -0.2) is 19.0 Å². The number of hydrogen-bond donors (Lipinski definition) is 0. The summed E-state index contributed by atoms with van der Waals surface area (Å²) in [5.74, 6) is 0.00577. The third-order valence-corrected chi connectivity index (χ3v) is 2.90. The van der Waals surface area contributed by atoms with E-state index in [1.54, 1.807) is 11.0 Å². The van der Waals surface area contributed by atoms with E-state index in [1.165, 1.54) is 0 Å². The summed E-state index contributed by atoms with van der Waals surface area (Å²) in [6.07, 6.45) is 5.25. The number of anilines is 1. The Morgan fingerprint density at radius 3 is 2.69 bits per heavy atom. The number of terminal acetylenes is 1. The number of nitrogens with zero attached hydrogens (tertiary/aromatic N) is 1. The van der Waals surface area contributed by atoms with E-state index in [0.29, 0.717) is 6.54 Å². The van der Waals surface area contributed by atoms with Gasteiger partial charge >= 0.3 is 0 Å². The average Bonchev–Trinajstić information content (AvgIpc) is 2.59. The van der Waals surface area contributed by atoms with Crippen LogP contribution in [0.5, 0.6) is 0 Å². The molecule has 0 atom stereocenters. The Balaban J connectivity index is 2.24. The summed E-state index contributed by atoms with van der Waals surface area (Å²) in [6, 6.07) is 5.49. The molecule has 1 saturated heterocycles. The zero-order chi connectivity index (χ0) is 11.8. The molecule has 3 heteroatoms. The highest BCUT2D eigenvalue weighted by Gasteiger charge is 2.38. The van der Waals surface area contributed by atoms with Crippen LogP contribution < -0.4 is 4.90 Å². The Morgan fingerprint density at radius 2 is 2.19 bits per heavy atom. The number of hydrogen-bond acceptors (Lipinski definition) is 1. The highest BCUT2D eigenvalue weighted by atomic mass is 19.3. The van der Waals surface area contributed by atoms with Gasteiger partial charge in [-0.25, -0.2) is 8.78 Å². The van der Waals surface area contributed by atoms with E-state index < -0.39 is 5.92 Å². The fourth-order valence-corrected chi connectivity index (χ4v) is 1.96. The van der Waals surface area contributed by atoms with Gasteiger partial charge in [-0.05, 0) is 30.7 Å². The standard InChI is InChI=1S/C13H13F2N/c1-3-11-4-5-12(8-10(11)2)16-7-6-13(14,15)9-16/h1,4-5,8H,6-7,9H2,2H3. The molecule has 0 saturated carbocycles.